The predicted octanol–water partition coefficient (Wildman–Crippen LogP) is -0.530. The van der Waals surface area contributed by atoms with Crippen LogP contribution in [-0.2, 0) is 9.53 Å². The maximum absolute atomic E-state index is 12.0. The highest BCUT2D eigenvalue weighted by atomic mass is 16.6. The Bertz CT molecular complexity index is 313. The number of carbonyl (C=O) groups excluding carboxylic acids is 1. The lowest BCUT2D eigenvalue weighted by Gasteiger charge is -2.39. The molecule has 0 heterocycles. The first kappa shape index (κ1) is 14.7. The third-order valence-corrected chi connectivity index (χ3v) is 4.09. The van der Waals surface area contributed by atoms with E-state index in [2.05, 4.69) is 0 Å². The van der Waals surface area contributed by atoms with Crippen LogP contribution in [0, 0.1) is 0 Å². The van der Waals surface area contributed by atoms with Crippen LogP contribution in [0.25, 0.3) is 0 Å². The van der Waals surface area contributed by atoms with Gasteiger partial charge in [-0.2, -0.15) is 0 Å². The Labute approximate surface area is 112 Å². The van der Waals surface area contributed by atoms with Crippen LogP contribution in [0.15, 0.2) is 0 Å². The maximum atomic E-state index is 12.0. The van der Waals surface area contributed by atoms with Crippen molar-refractivity contribution in [3.05, 3.63) is 0 Å². The molecule has 0 aromatic heterocycles. The van der Waals surface area contributed by atoms with E-state index in [9.17, 15) is 25.2 Å². The Hall–Kier alpha value is -0.690. The van der Waals surface area contributed by atoms with Gasteiger partial charge in [0.1, 0.15) is 12.2 Å². The van der Waals surface area contributed by atoms with Crippen molar-refractivity contribution in [2.75, 3.05) is 0 Å². The molecule has 2 aliphatic rings. The molecule has 2 aliphatic carbocycles. The number of hydrogen-bond donors (Lipinski definition) is 4. The molecule has 110 valence electrons. The minimum Gasteiger partial charge on any atom is -0.460 e. The van der Waals surface area contributed by atoms with Gasteiger partial charge in [-0.1, -0.05) is 6.42 Å². The zero-order valence-electron chi connectivity index (χ0n) is 10.9. The van der Waals surface area contributed by atoms with E-state index in [0.717, 1.165) is 32.1 Å². The second-order valence-corrected chi connectivity index (χ2v) is 5.73. The largest absolute Gasteiger partial charge is 0.460 e. The molecule has 0 spiro atoms. The van der Waals surface area contributed by atoms with Gasteiger partial charge in [0.15, 0.2) is 5.60 Å². The number of carbonyl (C=O) groups is 1. The first-order valence-corrected chi connectivity index (χ1v) is 6.90. The monoisotopic (exact) mass is 274 g/mol. The van der Waals surface area contributed by atoms with Crippen molar-refractivity contribution in [1.29, 1.82) is 0 Å². The van der Waals surface area contributed by atoms with Gasteiger partial charge in [0.2, 0.25) is 0 Å². The van der Waals surface area contributed by atoms with Gasteiger partial charge in [-0.05, 0) is 25.7 Å². The van der Waals surface area contributed by atoms with Crippen molar-refractivity contribution in [3.63, 3.8) is 0 Å². The molecule has 0 radical (unpaired) electrons. The number of ether oxygens (including phenoxy) is 1. The van der Waals surface area contributed by atoms with Crippen molar-refractivity contribution in [2.45, 2.75) is 75.0 Å². The zero-order chi connectivity index (χ0) is 14.0. The first-order valence-electron chi connectivity index (χ1n) is 6.90. The number of aliphatic hydroxyl groups is 4. The van der Waals surface area contributed by atoms with Crippen LogP contribution in [-0.4, -0.2) is 56.4 Å². The van der Waals surface area contributed by atoms with Gasteiger partial charge in [-0.25, -0.2) is 4.79 Å². The van der Waals surface area contributed by atoms with Crippen LogP contribution in [0.2, 0.25) is 0 Å². The summed E-state index contributed by atoms with van der Waals surface area (Å²) in [6.45, 7) is 0. The molecule has 0 aromatic carbocycles. The average molecular weight is 274 g/mol. The quantitative estimate of drug-likeness (QED) is 0.504. The van der Waals surface area contributed by atoms with Crippen LogP contribution >= 0.6 is 0 Å². The molecule has 2 fully saturated rings. The summed E-state index contributed by atoms with van der Waals surface area (Å²) in [5.41, 5.74) is -1.91. The van der Waals surface area contributed by atoms with Crippen molar-refractivity contribution >= 4 is 5.97 Å². The second-order valence-electron chi connectivity index (χ2n) is 5.73. The van der Waals surface area contributed by atoms with Crippen LogP contribution in [0.5, 0.6) is 0 Å². The van der Waals surface area contributed by atoms with E-state index in [4.69, 9.17) is 4.74 Å². The maximum Gasteiger partial charge on any atom is 0.338 e. The summed E-state index contributed by atoms with van der Waals surface area (Å²) in [5, 5.41) is 38.8. The van der Waals surface area contributed by atoms with Crippen molar-refractivity contribution in [1.82, 2.24) is 0 Å². The first-order chi connectivity index (χ1) is 8.92. The minimum absolute atomic E-state index is 0.189. The van der Waals surface area contributed by atoms with E-state index in [0.29, 0.717) is 0 Å². The number of esters is 1. The van der Waals surface area contributed by atoms with Gasteiger partial charge >= 0.3 is 5.97 Å². The SMILES string of the molecule is O=C(OC1CCCCC1)C1(O)C[C@@H](O)C(O)[C@H](O)C1. The molecule has 0 saturated heterocycles. The summed E-state index contributed by atoms with van der Waals surface area (Å²) in [6.07, 6.45) is -0.0872. The highest BCUT2D eigenvalue weighted by Gasteiger charge is 2.49. The van der Waals surface area contributed by atoms with Crippen LogP contribution in [0.4, 0.5) is 0 Å². The van der Waals surface area contributed by atoms with Crippen molar-refractivity contribution in [3.8, 4) is 0 Å². The zero-order valence-corrected chi connectivity index (χ0v) is 10.9. The van der Waals surface area contributed by atoms with Gasteiger partial charge in [-0.3, -0.25) is 0 Å². The van der Waals surface area contributed by atoms with Gasteiger partial charge in [-0.15, -0.1) is 0 Å². The molecule has 2 rings (SSSR count). The lowest BCUT2D eigenvalue weighted by Crippen LogP contribution is -2.57. The Morgan fingerprint density at radius 1 is 1.00 bits per heavy atom. The van der Waals surface area contributed by atoms with Crippen LogP contribution < -0.4 is 0 Å². The lowest BCUT2D eigenvalue weighted by atomic mass is 9.79. The van der Waals surface area contributed by atoms with Gasteiger partial charge in [0.25, 0.3) is 0 Å². The molecule has 0 aliphatic heterocycles. The van der Waals surface area contributed by atoms with E-state index in [1.165, 1.54) is 0 Å². The molecular formula is C13H22O6. The molecule has 19 heavy (non-hydrogen) atoms. The summed E-state index contributed by atoms with van der Waals surface area (Å²) in [7, 11) is 0. The van der Waals surface area contributed by atoms with Crippen molar-refractivity contribution < 1.29 is 30.0 Å². The smallest absolute Gasteiger partial charge is 0.338 e. The molecule has 0 unspecified atom stereocenters. The lowest BCUT2D eigenvalue weighted by molar-refractivity contribution is -0.197. The number of aliphatic hydroxyl groups excluding tert-OH is 3. The summed E-state index contributed by atoms with van der Waals surface area (Å²) < 4.78 is 5.27. The molecule has 0 amide bonds. The molecule has 6 heteroatoms. The Morgan fingerprint density at radius 3 is 2.05 bits per heavy atom. The van der Waals surface area contributed by atoms with Gasteiger partial charge in [0, 0.05) is 12.8 Å². The molecule has 0 aromatic rings. The number of rotatable bonds is 2. The van der Waals surface area contributed by atoms with Crippen LogP contribution in [0.1, 0.15) is 44.9 Å². The third-order valence-electron chi connectivity index (χ3n) is 4.09. The summed E-state index contributed by atoms with van der Waals surface area (Å²) in [4.78, 5) is 12.0. The fourth-order valence-corrected chi connectivity index (χ4v) is 2.88. The normalized spacial score (nSPS) is 40.9. The molecular weight excluding hydrogens is 252 g/mol. The molecule has 2 saturated carbocycles. The predicted molar refractivity (Wildman–Crippen MR) is 65.2 cm³/mol. The Balaban J connectivity index is 1.96. The summed E-state index contributed by atoms with van der Waals surface area (Å²) >= 11 is 0. The molecule has 6 nitrogen and oxygen atoms in total. The number of hydrogen-bond acceptors (Lipinski definition) is 6. The molecule has 2 atom stereocenters. The summed E-state index contributed by atoms with van der Waals surface area (Å²) in [6, 6.07) is 0. The highest BCUT2D eigenvalue weighted by molar-refractivity contribution is 5.79. The van der Waals surface area contributed by atoms with Crippen molar-refractivity contribution in [2.24, 2.45) is 0 Å². The minimum atomic E-state index is -1.91. The fourth-order valence-electron chi connectivity index (χ4n) is 2.88. The average Bonchev–Trinajstić information content (AvgIpc) is 2.37. The molecule has 4 N–H and O–H groups in total. The Morgan fingerprint density at radius 2 is 1.53 bits per heavy atom. The summed E-state index contributed by atoms with van der Waals surface area (Å²) in [5.74, 6) is -0.801. The third kappa shape index (κ3) is 3.25. The van der Waals surface area contributed by atoms with E-state index < -0.39 is 29.9 Å². The fraction of sp³-hybridized carbons (Fsp3) is 0.923. The van der Waals surface area contributed by atoms with E-state index in [1.807, 2.05) is 0 Å². The van der Waals surface area contributed by atoms with E-state index >= 15 is 0 Å². The highest BCUT2D eigenvalue weighted by Crippen LogP contribution is 2.32. The van der Waals surface area contributed by atoms with E-state index in [1.54, 1.807) is 0 Å². The van der Waals surface area contributed by atoms with Gasteiger partial charge in [0.05, 0.1) is 12.2 Å². The second kappa shape index (κ2) is 5.75. The molecule has 0 bridgehead atoms. The standard InChI is InChI=1S/C13H22O6/c14-9-6-13(18,7-10(15)11(9)16)12(17)19-8-4-2-1-3-5-8/h8-11,14-16,18H,1-7H2/t9-,10-,11?,13?/m1/s1. The Kier molecular flexibility index (Phi) is 4.45. The topological polar surface area (TPSA) is 107 Å². The van der Waals surface area contributed by atoms with Gasteiger partial charge < -0.3 is 25.2 Å². The van der Waals surface area contributed by atoms with Crippen LogP contribution in [0.3, 0.4) is 0 Å². The van der Waals surface area contributed by atoms with E-state index in [-0.39, 0.29) is 18.9 Å².